The molecule has 0 saturated carbocycles. The molecule has 6 heteroatoms. The lowest BCUT2D eigenvalue weighted by atomic mass is 10.0. The highest BCUT2D eigenvalue weighted by molar-refractivity contribution is 5.85. The molecule has 0 radical (unpaired) electrons. The molecule has 23 heavy (non-hydrogen) atoms. The number of carboxylic acids is 1. The molecular weight excluding hydrogens is 294 g/mol. The third kappa shape index (κ3) is 3.41. The van der Waals surface area contributed by atoms with E-state index in [-0.39, 0.29) is 12.3 Å². The largest absolute Gasteiger partial charge is 0.480 e. The fourth-order valence-electron chi connectivity index (χ4n) is 2.94. The first-order valence-electron chi connectivity index (χ1n) is 7.76. The van der Waals surface area contributed by atoms with Gasteiger partial charge in [-0.2, -0.15) is 5.10 Å². The fourth-order valence-corrected chi connectivity index (χ4v) is 2.94. The van der Waals surface area contributed by atoms with E-state index in [4.69, 9.17) is 0 Å². The molecule has 6 nitrogen and oxygen atoms in total. The van der Waals surface area contributed by atoms with E-state index in [0.29, 0.717) is 13.0 Å². The van der Waals surface area contributed by atoms with Crippen molar-refractivity contribution in [2.75, 3.05) is 6.54 Å². The van der Waals surface area contributed by atoms with Gasteiger partial charge in [0.2, 0.25) is 5.91 Å². The second-order valence-corrected chi connectivity index (χ2v) is 5.74. The number of rotatable bonds is 4. The predicted octanol–water partition coefficient (Wildman–Crippen LogP) is 1.88. The molecule has 1 N–H and O–H groups in total. The summed E-state index contributed by atoms with van der Waals surface area (Å²) >= 11 is 0. The van der Waals surface area contributed by atoms with E-state index in [9.17, 15) is 14.7 Å². The number of carbonyl (C=O) groups is 2. The number of para-hydroxylation sites is 1. The topological polar surface area (TPSA) is 75.4 Å². The molecule has 2 aromatic rings. The van der Waals surface area contributed by atoms with Crippen LogP contribution in [0.25, 0.3) is 5.69 Å². The molecule has 1 fully saturated rings. The zero-order chi connectivity index (χ0) is 16.2. The minimum absolute atomic E-state index is 0.148. The summed E-state index contributed by atoms with van der Waals surface area (Å²) in [4.78, 5) is 25.2. The average Bonchev–Trinajstić information content (AvgIpc) is 3.04. The minimum Gasteiger partial charge on any atom is -0.480 e. The van der Waals surface area contributed by atoms with Crippen molar-refractivity contribution in [3.63, 3.8) is 0 Å². The normalized spacial score (nSPS) is 17.9. The summed E-state index contributed by atoms with van der Waals surface area (Å²) < 4.78 is 1.72. The van der Waals surface area contributed by atoms with Gasteiger partial charge in [-0.3, -0.25) is 4.79 Å². The van der Waals surface area contributed by atoms with Gasteiger partial charge in [-0.25, -0.2) is 9.48 Å². The Balaban J connectivity index is 1.70. The zero-order valence-corrected chi connectivity index (χ0v) is 12.8. The number of benzene rings is 1. The molecule has 120 valence electrons. The lowest BCUT2D eigenvalue weighted by molar-refractivity contribution is -0.151. The van der Waals surface area contributed by atoms with Crippen LogP contribution in [-0.2, 0) is 16.0 Å². The number of hydrogen-bond acceptors (Lipinski definition) is 3. The Labute approximate surface area is 134 Å². The van der Waals surface area contributed by atoms with Gasteiger partial charge < -0.3 is 10.0 Å². The highest BCUT2D eigenvalue weighted by atomic mass is 16.4. The maximum atomic E-state index is 12.5. The van der Waals surface area contributed by atoms with E-state index in [1.54, 1.807) is 10.9 Å². The van der Waals surface area contributed by atoms with Gasteiger partial charge in [-0.15, -0.1) is 0 Å². The van der Waals surface area contributed by atoms with Crippen molar-refractivity contribution in [2.45, 2.75) is 31.7 Å². The van der Waals surface area contributed by atoms with E-state index < -0.39 is 12.0 Å². The van der Waals surface area contributed by atoms with Crippen LogP contribution in [0.5, 0.6) is 0 Å². The Hall–Kier alpha value is -2.63. The van der Waals surface area contributed by atoms with Gasteiger partial charge in [-0.1, -0.05) is 18.2 Å². The van der Waals surface area contributed by atoms with Crippen molar-refractivity contribution in [3.05, 3.63) is 48.3 Å². The van der Waals surface area contributed by atoms with Crippen molar-refractivity contribution >= 4 is 11.9 Å². The smallest absolute Gasteiger partial charge is 0.326 e. The SMILES string of the molecule is O=C(O)[C@@H]1CCCCN1C(=O)Cc1cnn(-c2ccccc2)c1. The van der Waals surface area contributed by atoms with Crippen LogP contribution in [0.4, 0.5) is 0 Å². The molecule has 1 aromatic heterocycles. The molecule has 1 atom stereocenters. The van der Waals surface area contributed by atoms with Gasteiger partial charge in [0, 0.05) is 12.7 Å². The second kappa shape index (κ2) is 6.64. The first kappa shape index (κ1) is 15.3. The number of likely N-dealkylation sites (tertiary alicyclic amines) is 1. The Morgan fingerprint density at radius 3 is 2.74 bits per heavy atom. The number of hydrogen-bond donors (Lipinski definition) is 1. The van der Waals surface area contributed by atoms with Crippen LogP contribution >= 0.6 is 0 Å². The first-order valence-corrected chi connectivity index (χ1v) is 7.76. The number of carbonyl (C=O) groups excluding carboxylic acids is 1. The molecule has 1 aromatic carbocycles. The molecule has 0 unspecified atom stereocenters. The standard InChI is InChI=1S/C17H19N3O3/c21-16(19-9-5-4-8-15(19)17(22)23)10-13-11-18-20(12-13)14-6-2-1-3-7-14/h1-3,6-7,11-12,15H,4-5,8-10H2,(H,22,23)/t15-/m0/s1. The molecule has 1 amide bonds. The van der Waals surface area contributed by atoms with Crippen LogP contribution in [0.15, 0.2) is 42.7 Å². The minimum atomic E-state index is -0.918. The highest BCUT2D eigenvalue weighted by Crippen LogP contribution is 2.19. The van der Waals surface area contributed by atoms with Gasteiger partial charge in [0.05, 0.1) is 18.3 Å². The summed E-state index contributed by atoms with van der Waals surface area (Å²) in [5, 5.41) is 13.5. The third-order valence-electron chi connectivity index (χ3n) is 4.12. The molecule has 1 aliphatic rings. The molecular formula is C17H19N3O3. The summed E-state index contributed by atoms with van der Waals surface area (Å²) in [6, 6.07) is 8.95. The lowest BCUT2D eigenvalue weighted by Gasteiger charge is -2.32. The molecule has 0 aliphatic carbocycles. The van der Waals surface area contributed by atoms with Gasteiger partial charge in [0.1, 0.15) is 6.04 Å². The molecule has 0 spiro atoms. The van der Waals surface area contributed by atoms with Crippen LogP contribution in [0.3, 0.4) is 0 Å². The summed E-state index contributed by atoms with van der Waals surface area (Å²) in [6.07, 6.45) is 5.89. The van der Waals surface area contributed by atoms with Crippen LogP contribution in [0.2, 0.25) is 0 Å². The number of carboxylic acid groups (broad SMARTS) is 1. The predicted molar refractivity (Wildman–Crippen MR) is 84.3 cm³/mol. The van der Waals surface area contributed by atoms with Crippen LogP contribution in [-0.4, -0.2) is 44.3 Å². The van der Waals surface area contributed by atoms with Crippen molar-refractivity contribution in [3.8, 4) is 5.69 Å². The second-order valence-electron chi connectivity index (χ2n) is 5.74. The molecule has 3 rings (SSSR count). The molecule has 1 aliphatic heterocycles. The van der Waals surface area contributed by atoms with Crippen molar-refractivity contribution < 1.29 is 14.7 Å². The monoisotopic (exact) mass is 313 g/mol. The van der Waals surface area contributed by atoms with E-state index in [1.807, 2.05) is 36.5 Å². The van der Waals surface area contributed by atoms with Gasteiger partial charge >= 0.3 is 5.97 Å². The zero-order valence-electron chi connectivity index (χ0n) is 12.8. The number of nitrogens with zero attached hydrogens (tertiary/aromatic N) is 3. The fraction of sp³-hybridized carbons (Fsp3) is 0.353. The first-order chi connectivity index (χ1) is 11.1. The Bertz CT molecular complexity index is 696. The summed E-state index contributed by atoms with van der Waals surface area (Å²) in [6.45, 7) is 0.516. The molecule has 0 bridgehead atoms. The number of piperidine rings is 1. The molecule has 2 heterocycles. The van der Waals surface area contributed by atoms with Crippen LogP contribution < -0.4 is 0 Å². The summed E-state index contributed by atoms with van der Waals surface area (Å²) in [5.41, 5.74) is 1.71. The lowest BCUT2D eigenvalue weighted by Crippen LogP contribution is -2.48. The van der Waals surface area contributed by atoms with Gasteiger partial charge in [0.15, 0.2) is 0 Å². The quantitative estimate of drug-likeness (QED) is 0.935. The Morgan fingerprint density at radius 2 is 2.00 bits per heavy atom. The average molecular weight is 313 g/mol. The number of amides is 1. The van der Waals surface area contributed by atoms with E-state index in [1.165, 1.54) is 4.90 Å². The van der Waals surface area contributed by atoms with Gasteiger partial charge in [-0.05, 0) is 37.0 Å². The Morgan fingerprint density at radius 1 is 1.22 bits per heavy atom. The number of aromatic nitrogens is 2. The maximum absolute atomic E-state index is 12.5. The highest BCUT2D eigenvalue weighted by Gasteiger charge is 2.31. The Kier molecular flexibility index (Phi) is 4.41. The third-order valence-corrected chi connectivity index (χ3v) is 4.12. The summed E-state index contributed by atoms with van der Waals surface area (Å²) in [5.74, 6) is -1.07. The van der Waals surface area contributed by atoms with E-state index in [2.05, 4.69) is 5.10 Å². The maximum Gasteiger partial charge on any atom is 0.326 e. The van der Waals surface area contributed by atoms with Crippen molar-refractivity contribution in [1.29, 1.82) is 0 Å². The van der Waals surface area contributed by atoms with E-state index in [0.717, 1.165) is 24.1 Å². The van der Waals surface area contributed by atoms with Crippen LogP contribution in [0, 0.1) is 0 Å². The van der Waals surface area contributed by atoms with Gasteiger partial charge in [0.25, 0.3) is 0 Å². The van der Waals surface area contributed by atoms with Crippen molar-refractivity contribution in [1.82, 2.24) is 14.7 Å². The van der Waals surface area contributed by atoms with Crippen molar-refractivity contribution in [2.24, 2.45) is 0 Å². The molecule has 1 saturated heterocycles. The van der Waals surface area contributed by atoms with E-state index >= 15 is 0 Å². The summed E-state index contributed by atoms with van der Waals surface area (Å²) in [7, 11) is 0. The number of aliphatic carboxylic acids is 1. The van der Waals surface area contributed by atoms with Crippen LogP contribution in [0.1, 0.15) is 24.8 Å².